The first kappa shape index (κ1) is 14.3. The van der Waals surface area contributed by atoms with Crippen molar-refractivity contribution in [1.82, 2.24) is 9.55 Å². The summed E-state index contributed by atoms with van der Waals surface area (Å²) in [5.74, 6) is 1.67. The molecule has 0 aliphatic carbocycles. The number of imidazole rings is 1. The normalized spacial score (nSPS) is 23.8. The molecule has 1 aromatic heterocycles. The van der Waals surface area contributed by atoms with Crippen LogP contribution < -0.4 is 10.6 Å². The molecule has 0 saturated carbocycles. The molecule has 1 aliphatic heterocycles. The second kappa shape index (κ2) is 6.91. The van der Waals surface area contributed by atoms with Crippen LogP contribution in [0.4, 0.5) is 5.95 Å². The molecular weight excluding hydrogens is 240 g/mol. The third-order valence-corrected chi connectivity index (χ3v) is 4.04. The highest BCUT2D eigenvalue weighted by molar-refractivity contribution is 5.32. The molecule has 2 rings (SSSR count). The number of ether oxygens (including phenoxy) is 1. The highest BCUT2D eigenvalue weighted by Crippen LogP contribution is 2.23. The lowest BCUT2D eigenvalue weighted by molar-refractivity contribution is 0.190. The Morgan fingerprint density at radius 3 is 3.11 bits per heavy atom. The number of methoxy groups -OCH3 is 1. The van der Waals surface area contributed by atoms with Crippen LogP contribution in [0.15, 0.2) is 12.4 Å². The van der Waals surface area contributed by atoms with Crippen LogP contribution in [-0.2, 0) is 11.3 Å². The SMILES string of the molecule is CCC1CN(c2nccn2CCCOC)CCC1N. The minimum absolute atomic E-state index is 0.346. The van der Waals surface area contributed by atoms with Gasteiger partial charge in [0.25, 0.3) is 0 Å². The zero-order valence-corrected chi connectivity index (χ0v) is 12.1. The summed E-state index contributed by atoms with van der Waals surface area (Å²) in [5, 5.41) is 0. The van der Waals surface area contributed by atoms with Crippen molar-refractivity contribution in [2.24, 2.45) is 11.7 Å². The van der Waals surface area contributed by atoms with Crippen LogP contribution >= 0.6 is 0 Å². The van der Waals surface area contributed by atoms with E-state index in [1.807, 2.05) is 6.20 Å². The number of rotatable bonds is 6. The average molecular weight is 266 g/mol. The second-order valence-electron chi connectivity index (χ2n) is 5.33. The summed E-state index contributed by atoms with van der Waals surface area (Å²) in [6.45, 7) is 6.01. The quantitative estimate of drug-likeness (QED) is 0.793. The van der Waals surface area contributed by atoms with Crippen molar-refractivity contribution >= 4 is 5.95 Å². The molecule has 1 aromatic rings. The highest BCUT2D eigenvalue weighted by Gasteiger charge is 2.27. The molecule has 0 bridgehead atoms. The van der Waals surface area contributed by atoms with Crippen molar-refractivity contribution in [3.8, 4) is 0 Å². The van der Waals surface area contributed by atoms with Crippen molar-refractivity contribution < 1.29 is 4.74 Å². The van der Waals surface area contributed by atoms with E-state index in [9.17, 15) is 0 Å². The number of piperidine rings is 1. The van der Waals surface area contributed by atoms with Gasteiger partial charge in [-0.05, 0) is 18.8 Å². The summed E-state index contributed by atoms with van der Waals surface area (Å²) in [5.41, 5.74) is 6.17. The number of anilines is 1. The minimum atomic E-state index is 0.346. The van der Waals surface area contributed by atoms with Gasteiger partial charge in [-0.25, -0.2) is 4.98 Å². The lowest BCUT2D eigenvalue weighted by Gasteiger charge is -2.37. The van der Waals surface area contributed by atoms with Crippen molar-refractivity contribution in [3.05, 3.63) is 12.4 Å². The molecule has 2 heterocycles. The topological polar surface area (TPSA) is 56.3 Å². The first-order chi connectivity index (χ1) is 9.26. The molecule has 2 N–H and O–H groups in total. The van der Waals surface area contributed by atoms with Gasteiger partial charge in [-0.2, -0.15) is 0 Å². The molecule has 2 atom stereocenters. The van der Waals surface area contributed by atoms with Crippen LogP contribution in [-0.4, -0.2) is 42.4 Å². The first-order valence-electron chi connectivity index (χ1n) is 7.26. The van der Waals surface area contributed by atoms with E-state index in [1.165, 1.54) is 0 Å². The van der Waals surface area contributed by atoms with Crippen LogP contribution in [0, 0.1) is 5.92 Å². The fraction of sp³-hybridized carbons (Fsp3) is 0.786. The lowest BCUT2D eigenvalue weighted by atomic mass is 9.91. The molecule has 1 fully saturated rings. The fourth-order valence-electron chi connectivity index (χ4n) is 2.80. The van der Waals surface area contributed by atoms with Gasteiger partial charge in [0.05, 0.1) is 0 Å². The molecule has 19 heavy (non-hydrogen) atoms. The van der Waals surface area contributed by atoms with Crippen LogP contribution in [0.2, 0.25) is 0 Å². The van der Waals surface area contributed by atoms with E-state index < -0.39 is 0 Å². The van der Waals surface area contributed by atoms with Crippen LogP contribution in [0.3, 0.4) is 0 Å². The number of aryl methyl sites for hydroxylation is 1. The minimum Gasteiger partial charge on any atom is -0.385 e. The van der Waals surface area contributed by atoms with Gasteiger partial charge in [-0.1, -0.05) is 13.3 Å². The van der Waals surface area contributed by atoms with Crippen LogP contribution in [0.5, 0.6) is 0 Å². The zero-order chi connectivity index (χ0) is 13.7. The van der Waals surface area contributed by atoms with Gasteiger partial charge >= 0.3 is 0 Å². The average Bonchev–Trinajstić information content (AvgIpc) is 2.88. The maximum atomic E-state index is 6.17. The number of aromatic nitrogens is 2. The van der Waals surface area contributed by atoms with Gasteiger partial charge in [0.15, 0.2) is 0 Å². The number of nitrogens with zero attached hydrogens (tertiary/aromatic N) is 3. The van der Waals surface area contributed by atoms with Crippen molar-refractivity contribution in [2.45, 2.75) is 38.8 Å². The summed E-state index contributed by atoms with van der Waals surface area (Å²) < 4.78 is 7.33. The Morgan fingerprint density at radius 1 is 1.53 bits per heavy atom. The summed E-state index contributed by atoms with van der Waals surface area (Å²) in [6.07, 6.45) is 7.16. The van der Waals surface area contributed by atoms with E-state index in [1.54, 1.807) is 7.11 Å². The van der Waals surface area contributed by atoms with Gasteiger partial charge in [0.1, 0.15) is 0 Å². The van der Waals surface area contributed by atoms with Gasteiger partial charge in [0.2, 0.25) is 5.95 Å². The molecule has 5 nitrogen and oxygen atoms in total. The number of nitrogens with two attached hydrogens (primary N) is 1. The van der Waals surface area contributed by atoms with E-state index in [4.69, 9.17) is 10.5 Å². The second-order valence-corrected chi connectivity index (χ2v) is 5.33. The van der Waals surface area contributed by atoms with E-state index in [0.29, 0.717) is 12.0 Å². The maximum Gasteiger partial charge on any atom is 0.205 e. The summed E-state index contributed by atoms with van der Waals surface area (Å²) >= 11 is 0. The highest BCUT2D eigenvalue weighted by atomic mass is 16.5. The Bertz CT molecular complexity index is 379. The van der Waals surface area contributed by atoms with Gasteiger partial charge in [-0.3, -0.25) is 0 Å². The number of hydrogen-bond acceptors (Lipinski definition) is 4. The smallest absolute Gasteiger partial charge is 0.205 e. The van der Waals surface area contributed by atoms with Crippen molar-refractivity contribution in [3.63, 3.8) is 0 Å². The molecule has 5 heteroatoms. The zero-order valence-electron chi connectivity index (χ0n) is 12.1. The summed E-state index contributed by atoms with van der Waals surface area (Å²) in [4.78, 5) is 6.90. The van der Waals surface area contributed by atoms with Crippen molar-refractivity contribution in [2.75, 3.05) is 31.7 Å². The monoisotopic (exact) mass is 266 g/mol. The third kappa shape index (κ3) is 3.48. The first-order valence-corrected chi connectivity index (χ1v) is 7.26. The predicted octanol–water partition coefficient (Wildman–Crippen LogP) is 1.48. The molecule has 1 aliphatic rings. The standard InChI is InChI=1S/C14H26N4O/c1-3-12-11-18(8-5-13(12)15)14-16-6-9-17(14)7-4-10-19-2/h6,9,12-13H,3-5,7-8,10-11,15H2,1-2H3. The molecule has 0 amide bonds. The molecule has 1 saturated heterocycles. The maximum absolute atomic E-state index is 6.17. The van der Waals surface area contributed by atoms with Crippen molar-refractivity contribution in [1.29, 1.82) is 0 Å². The predicted molar refractivity (Wildman–Crippen MR) is 77.3 cm³/mol. The lowest BCUT2D eigenvalue weighted by Crippen LogP contribution is -2.47. The molecule has 108 valence electrons. The molecule has 0 radical (unpaired) electrons. The number of hydrogen-bond donors (Lipinski definition) is 1. The Balaban J connectivity index is 1.99. The van der Waals surface area contributed by atoms with Gasteiger partial charge in [0, 0.05) is 51.8 Å². The van der Waals surface area contributed by atoms with E-state index in [0.717, 1.165) is 51.5 Å². The summed E-state index contributed by atoms with van der Waals surface area (Å²) in [6, 6.07) is 0.346. The van der Waals surface area contributed by atoms with E-state index in [-0.39, 0.29) is 0 Å². The third-order valence-electron chi connectivity index (χ3n) is 4.04. The fourth-order valence-corrected chi connectivity index (χ4v) is 2.80. The molecule has 0 spiro atoms. The Labute approximate surface area is 115 Å². The van der Waals surface area contributed by atoms with Gasteiger partial charge in [-0.15, -0.1) is 0 Å². The summed E-state index contributed by atoms with van der Waals surface area (Å²) in [7, 11) is 1.74. The van der Waals surface area contributed by atoms with E-state index in [2.05, 4.69) is 27.6 Å². The van der Waals surface area contributed by atoms with Crippen LogP contribution in [0.25, 0.3) is 0 Å². The van der Waals surface area contributed by atoms with E-state index >= 15 is 0 Å². The Kier molecular flexibility index (Phi) is 5.22. The Morgan fingerprint density at radius 2 is 2.37 bits per heavy atom. The van der Waals surface area contributed by atoms with Gasteiger partial charge < -0.3 is 19.9 Å². The molecule has 0 aromatic carbocycles. The molecule has 2 unspecified atom stereocenters. The Hall–Kier alpha value is -1.07. The largest absolute Gasteiger partial charge is 0.385 e. The van der Waals surface area contributed by atoms with Crippen LogP contribution in [0.1, 0.15) is 26.2 Å². The molecular formula is C14H26N4O.